The molecule has 7 nitrogen and oxygen atoms in total. The van der Waals surface area contributed by atoms with Gasteiger partial charge in [-0.15, -0.1) is 16.4 Å². The molecule has 2 aromatic heterocycles. The van der Waals surface area contributed by atoms with E-state index in [1.165, 1.54) is 4.68 Å². The lowest BCUT2D eigenvalue weighted by molar-refractivity contribution is 0.0976. The molecule has 20 heavy (non-hydrogen) atoms. The molecule has 2 heterocycles. The Balaban J connectivity index is 2.29. The Bertz CT molecular complexity index is 754. The van der Waals surface area contributed by atoms with Crippen molar-refractivity contribution in [1.82, 2.24) is 19.7 Å². The van der Waals surface area contributed by atoms with Crippen molar-refractivity contribution in [3.63, 3.8) is 0 Å². The Morgan fingerprint density at radius 3 is 2.45 bits per heavy atom. The number of hydrogen-bond donors (Lipinski definition) is 1. The van der Waals surface area contributed by atoms with E-state index in [9.17, 15) is 13.2 Å². The lowest BCUT2D eigenvalue weighted by Crippen LogP contribution is -2.30. The Morgan fingerprint density at radius 1 is 1.35 bits per heavy atom. The van der Waals surface area contributed by atoms with E-state index in [0.717, 1.165) is 21.8 Å². The fourth-order valence-corrected chi connectivity index (χ4v) is 3.98. The third kappa shape index (κ3) is 2.59. The molecule has 0 fully saturated rings. The minimum atomic E-state index is -3.87. The zero-order valence-electron chi connectivity index (χ0n) is 11.5. The molecule has 0 aliphatic carbocycles. The number of nitrogens with zero attached hydrogens (tertiary/aromatic N) is 3. The summed E-state index contributed by atoms with van der Waals surface area (Å²) in [5, 5.41) is 7.33. The van der Waals surface area contributed by atoms with Gasteiger partial charge in [0.25, 0.3) is 15.9 Å². The number of thiophene rings is 1. The summed E-state index contributed by atoms with van der Waals surface area (Å²) in [6.07, 6.45) is 0. The minimum Gasteiger partial charge on any atom is -0.266 e. The third-order valence-corrected chi connectivity index (χ3v) is 5.91. The zero-order valence-corrected chi connectivity index (χ0v) is 13.1. The van der Waals surface area contributed by atoms with Crippen molar-refractivity contribution in [1.29, 1.82) is 0 Å². The Labute approximate surface area is 120 Å². The molecule has 2 aromatic rings. The molecule has 0 saturated carbocycles. The topological polar surface area (TPSA) is 93.9 Å². The number of sulfonamides is 1. The number of aryl methyl sites for hydroxylation is 3. The molecule has 1 N–H and O–H groups in total. The predicted molar refractivity (Wildman–Crippen MR) is 74.2 cm³/mol. The summed E-state index contributed by atoms with van der Waals surface area (Å²) >= 11 is 1.12. The standard InChI is InChI=1S/C11H14N4O3S2/c1-6-5-9(19-8(6)3)20(17,18)13-11(16)10-7(2)15(4)14-12-10/h5H,1-4H3,(H,13,16). The summed E-state index contributed by atoms with van der Waals surface area (Å²) in [7, 11) is -2.25. The van der Waals surface area contributed by atoms with E-state index in [2.05, 4.69) is 10.3 Å². The highest BCUT2D eigenvalue weighted by molar-refractivity contribution is 7.92. The summed E-state index contributed by atoms with van der Waals surface area (Å²) in [6, 6.07) is 1.54. The van der Waals surface area contributed by atoms with Crippen molar-refractivity contribution in [2.45, 2.75) is 25.0 Å². The summed E-state index contributed by atoms with van der Waals surface area (Å²) < 4.78 is 27.8. The van der Waals surface area contributed by atoms with Crippen LogP contribution in [0.2, 0.25) is 0 Å². The second-order valence-corrected chi connectivity index (χ2v) is 7.55. The van der Waals surface area contributed by atoms with Crippen molar-refractivity contribution >= 4 is 27.3 Å². The second kappa shape index (κ2) is 4.98. The van der Waals surface area contributed by atoms with Gasteiger partial charge >= 0.3 is 0 Å². The van der Waals surface area contributed by atoms with Gasteiger partial charge in [-0.25, -0.2) is 13.1 Å². The average molecular weight is 314 g/mol. The summed E-state index contributed by atoms with van der Waals surface area (Å²) in [5.74, 6) is -0.778. The molecule has 0 unspecified atom stereocenters. The van der Waals surface area contributed by atoms with Crippen molar-refractivity contribution < 1.29 is 13.2 Å². The molecule has 9 heteroatoms. The lowest BCUT2D eigenvalue weighted by atomic mass is 10.3. The van der Waals surface area contributed by atoms with Crippen molar-refractivity contribution in [3.05, 3.63) is 27.9 Å². The van der Waals surface area contributed by atoms with Crippen LogP contribution < -0.4 is 4.72 Å². The van der Waals surface area contributed by atoms with Crippen LogP contribution >= 0.6 is 11.3 Å². The maximum Gasteiger partial charge on any atom is 0.287 e. The number of nitrogens with one attached hydrogen (secondary N) is 1. The van der Waals surface area contributed by atoms with Crippen molar-refractivity contribution in [3.8, 4) is 0 Å². The molecule has 1 amide bonds. The Hall–Kier alpha value is -1.74. The Kier molecular flexibility index (Phi) is 3.65. The monoisotopic (exact) mass is 314 g/mol. The van der Waals surface area contributed by atoms with Gasteiger partial charge in [0.2, 0.25) is 0 Å². The summed E-state index contributed by atoms with van der Waals surface area (Å²) in [5.41, 5.74) is 1.37. The summed E-state index contributed by atoms with van der Waals surface area (Å²) in [4.78, 5) is 12.9. The van der Waals surface area contributed by atoms with Gasteiger partial charge in [-0.05, 0) is 32.4 Å². The van der Waals surface area contributed by atoms with Crippen LogP contribution in [0.15, 0.2) is 10.3 Å². The molecule has 2 rings (SSSR count). The van der Waals surface area contributed by atoms with E-state index >= 15 is 0 Å². The molecule has 0 aromatic carbocycles. The van der Waals surface area contributed by atoms with Gasteiger partial charge in [-0.1, -0.05) is 5.21 Å². The zero-order chi connectivity index (χ0) is 15.1. The van der Waals surface area contributed by atoms with E-state index < -0.39 is 15.9 Å². The SMILES string of the molecule is Cc1cc(S(=O)(=O)NC(=O)c2nnn(C)c2C)sc1C. The van der Waals surface area contributed by atoms with Gasteiger partial charge in [0, 0.05) is 11.9 Å². The highest BCUT2D eigenvalue weighted by atomic mass is 32.2. The van der Waals surface area contributed by atoms with Crippen molar-refractivity contribution in [2.24, 2.45) is 7.05 Å². The van der Waals surface area contributed by atoms with Crippen LogP contribution in [0, 0.1) is 20.8 Å². The number of carbonyl (C=O) groups is 1. The van der Waals surface area contributed by atoms with Crippen LogP contribution in [0.4, 0.5) is 0 Å². The fourth-order valence-electron chi connectivity index (χ4n) is 1.51. The first kappa shape index (κ1) is 14.7. The normalized spacial score (nSPS) is 11.6. The third-order valence-electron chi connectivity index (χ3n) is 2.96. The molecule has 0 saturated heterocycles. The van der Waals surface area contributed by atoms with Crippen LogP contribution in [0.1, 0.15) is 26.6 Å². The van der Waals surface area contributed by atoms with Crippen LogP contribution in [-0.4, -0.2) is 29.3 Å². The molecule has 0 atom stereocenters. The van der Waals surface area contributed by atoms with E-state index in [-0.39, 0.29) is 9.90 Å². The first-order valence-corrected chi connectivity index (χ1v) is 8.03. The fraction of sp³-hybridized carbons (Fsp3) is 0.364. The van der Waals surface area contributed by atoms with Gasteiger partial charge in [-0.2, -0.15) is 0 Å². The average Bonchev–Trinajstić information content (AvgIpc) is 2.85. The summed E-state index contributed by atoms with van der Waals surface area (Å²) in [6.45, 7) is 5.29. The predicted octanol–water partition coefficient (Wildman–Crippen LogP) is 0.921. The molecule has 0 spiro atoms. The van der Waals surface area contributed by atoms with Crippen LogP contribution in [0.25, 0.3) is 0 Å². The van der Waals surface area contributed by atoms with Gasteiger partial charge in [-0.3, -0.25) is 9.48 Å². The van der Waals surface area contributed by atoms with Crippen LogP contribution in [0.3, 0.4) is 0 Å². The van der Waals surface area contributed by atoms with E-state index in [0.29, 0.717) is 5.69 Å². The number of amides is 1. The molecule has 0 aliphatic rings. The lowest BCUT2D eigenvalue weighted by Gasteiger charge is -2.03. The first-order valence-electron chi connectivity index (χ1n) is 5.73. The Morgan fingerprint density at radius 2 is 2.00 bits per heavy atom. The quantitative estimate of drug-likeness (QED) is 0.909. The first-order chi connectivity index (χ1) is 9.22. The van der Waals surface area contributed by atoms with Gasteiger partial charge in [0.1, 0.15) is 4.21 Å². The number of hydrogen-bond acceptors (Lipinski definition) is 6. The minimum absolute atomic E-state index is 0.000995. The van der Waals surface area contributed by atoms with Crippen molar-refractivity contribution in [2.75, 3.05) is 0 Å². The molecule has 0 aliphatic heterocycles. The number of carbonyl (C=O) groups excluding carboxylic acids is 1. The van der Waals surface area contributed by atoms with Crippen LogP contribution in [0.5, 0.6) is 0 Å². The highest BCUT2D eigenvalue weighted by Crippen LogP contribution is 2.24. The second-order valence-electron chi connectivity index (χ2n) is 4.39. The molecule has 0 bridgehead atoms. The van der Waals surface area contributed by atoms with E-state index in [4.69, 9.17) is 0 Å². The molecular weight excluding hydrogens is 300 g/mol. The molecular formula is C11H14N4O3S2. The number of aromatic nitrogens is 3. The van der Waals surface area contributed by atoms with Crippen LogP contribution in [-0.2, 0) is 17.1 Å². The van der Waals surface area contributed by atoms with E-state index in [1.54, 1.807) is 20.0 Å². The van der Waals surface area contributed by atoms with Gasteiger partial charge < -0.3 is 0 Å². The van der Waals surface area contributed by atoms with Gasteiger partial charge in [0.15, 0.2) is 5.69 Å². The molecule has 0 radical (unpaired) electrons. The number of rotatable bonds is 3. The largest absolute Gasteiger partial charge is 0.287 e. The highest BCUT2D eigenvalue weighted by Gasteiger charge is 2.24. The molecule has 108 valence electrons. The maximum absolute atomic E-state index is 12.1. The smallest absolute Gasteiger partial charge is 0.266 e. The maximum atomic E-state index is 12.1. The van der Waals surface area contributed by atoms with Gasteiger partial charge in [0.05, 0.1) is 5.69 Å². The van der Waals surface area contributed by atoms with E-state index in [1.807, 2.05) is 18.6 Å².